The second-order valence-corrected chi connectivity index (χ2v) is 6.34. The van der Waals surface area contributed by atoms with E-state index in [9.17, 15) is 0 Å². The first kappa shape index (κ1) is 15.0. The Morgan fingerprint density at radius 2 is 1.73 bits per heavy atom. The molecule has 15 heavy (non-hydrogen) atoms. The van der Waals surface area contributed by atoms with E-state index in [1.807, 2.05) is 0 Å². The normalized spacial score (nSPS) is 14.6. The van der Waals surface area contributed by atoms with Crippen molar-refractivity contribution in [3.8, 4) is 0 Å². The van der Waals surface area contributed by atoms with Gasteiger partial charge in [-0.05, 0) is 37.1 Å². The highest BCUT2D eigenvalue weighted by molar-refractivity contribution is 4.70. The van der Waals surface area contributed by atoms with Crippen molar-refractivity contribution >= 4 is 0 Å². The third-order valence-corrected chi connectivity index (χ3v) is 2.73. The van der Waals surface area contributed by atoms with Crippen LogP contribution in [0.2, 0.25) is 0 Å². The summed E-state index contributed by atoms with van der Waals surface area (Å²) in [5.41, 5.74) is 0.495. The van der Waals surface area contributed by atoms with E-state index in [1.165, 1.54) is 25.7 Å². The summed E-state index contributed by atoms with van der Waals surface area (Å²) in [6.07, 6.45) is 5.35. The lowest BCUT2D eigenvalue weighted by atomic mass is 9.88. The van der Waals surface area contributed by atoms with Crippen molar-refractivity contribution in [1.82, 2.24) is 5.32 Å². The third-order valence-electron chi connectivity index (χ3n) is 2.73. The van der Waals surface area contributed by atoms with Crippen LogP contribution in [0.3, 0.4) is 0 Å². The molecule has 0 aliphatic carbocycles. The van der Waals surface area contributed by atoms with Crippen LogP contribution >= 0.6 is 0 Å². The topological polar surface area (TPSA) is 12.0 Å². The standard InChI is InChI=1S/C14H31N/c1-7-15-13(11-12(2)3)9-8-10-14(4,5)6/h12-13,15H,7-11H2,1-6H3. The lowest BCUT2D eigenvalue weighted by Gasteiger charge is -2.23. The average Bonchev–Trinajstić information content (AvgIpc) is 2.00. The van der Waals surface area contributed by atoms with Crippen LogP contribution in [0.25, 0.3) is 0 Å². The van der Waals surface area contributed by atoms with Gasteiger partial charge in [-0.15, -0.1) is 0 Å². The summed E-state index contributed by atoms with van der Waals surface area (Å²) < 4.78 is 0. The minimum absolute atomic E-state index is 0.495. The van der Waals surface area contributed by atoms with Gasteiger partial charge in [0, 0.05) is 6.04 Å². The monoisotopic (exact) mass is 213 g/mol. The lowest BCUT2D eigenvalue weighted by Crippen LogP contribution is -2.30. The van der Waals surface area contributed by atoms with E-state index in [-0.39, 0.29) is 0 Å². The summed E-state index contributed by atoms with van der Waals surface area (Å²) in [5, 5.41) is 3.60. The highest BCUT2D eigenvalue weighted by Gasteiger charge is 2.13. The predicted molar refractivity (Wildman–Crippen MR) is 70.2 cm³/mol. The summed E-state index contributed by atoms with van der Waals surface area (Å²) >= 11 is 0. The number of rotatable bonds is 7. The van der Waals surface area contributed by atoms with Gasteiger partial charge in [-0.3, -0.25) is 0 Å². The molecule has 1 atom stereocenters. The molecule has 1 unspecified atom stereocenters. The van der Waals surface area contributed by atoms with Crippen LogP contribution in [-0.4, -0.2) is 12.6 Å². The fourth-order valence-electron chi connectivity index (χ4n) is 2.04. The number of hydrogen-bond donors (Lipinski definition) is 1. The maximum absolute atomic E-state index is 3.60. The van der Waals surface area contributed by atoms with Crippen molar-refractivity contribution in [1.29, 1.82) is 0 Å². The van der Waals surface area contributed by atoms with E-state index < -0.39 is 0 Å². The first-order valence-electron chi connectivity index (χ1n) is 6.58. The molecule has 0 bridgehead atoms. The second-order valence-electron chi connectivity index (χ2n) is 6.34. The Morgan fingerprint density at radius 3 is 2.13 bits per heavy atom. The zero-order valence-electron chi connectivity index (χ0n) is 11.7. The van der Waals surface area contributed by atoms with E-state index in [2.05, 4.69) is 46.9 Å². The van der Waals surface area contributed by atoms with Crippen molar-refractivity contribution in [2.24, 2.45) is 11.3 Å². The molecule has 0 heterocycles. The summed E-state index contributed by atoms with van der Waals surface area (Å²) in [5.74, 6) is 0.809. The molecule has 1 N–H and O–H groups in total. The first-order chi connectivity index (χ1) is 6.85. The molecule has 0 saturated heterocycles. The fourth-order valence-corrected chi connectivity index (χ4v) is 2.04. The Labute approximate surface area is 97.0 Å². The summed E-state index contributed by atoms with van der Waals surface area (Å²) in [6.45, 7) is 14.9. The molecule has 0 aromatic carbocycles. The Morgan fingerprint density at radius 1 is 1.13 bits per heavy atom. The van der Waals surface area contributed by atoms with E-state index in [4.69, 9.17) is 0 Å². The molecule has 0 spiro atoms. The first-order valence-corrected chi connectivity index (χ1v) is 6.58. The maximum Gasteiger partial charge on any atom is 0.00693 e. The number of hydrogen-bond acceptors (Lipinski definition) is 1. The summed E-state index contributed by atoms with van der Waals surface area (Å²) in [7, 11) is 0. The van der Waals surface area contributed by atoms with E-state index in [1.54, 1.807) is 0 Å². The van der Waals surface area contributed by atoms with Gasteiger partial charge >= 0.3 is 0 Å². The fraction of sp³-hybridized carbons (Fsp3) is 1.00. The highest BCUT2D eigenvalue weighted by atomic mass is 14.9. The molecule has 0 fully saturated rings. The predicted octanol–water partition coefficient (Wildman–Crippen LogP) is 4.23. The molecule has 0 amide bonds. The number of nitrogens with one attached hydrogen (secondary N) is 1. The van der Waals surface area contributed by atoms with Crippen molar-refractivity contribution in [2.75, 3.05) is 6.54 Å². The molecular weight excluding hydrogens is 182 g/mol. The molecule has 1 nitrogen and oxygen atoms in total. The quantitative estimate of drug-likeness (QED) is 0.667. The molecule has 0 rings (SSSR count). The Bertz CT molecular complexity index is 144. The highest BCUT2D eigenvalue weighted by Crippen LogP contribution is 2.23. The molecule has 1 heteroatoms. The zero-order valence-corrected chi connectivity index (χ0v) is 11.7. The van der Waals surface area contributed by atoms with E-state index >= 15 is 0 Å². The molecule has 0 saturated carbocycles. The Kier molecular flexibility index (Phi) is 7.25. The summed E-state index contributed by atoms with van der Waals surface area (Å²) in [6, 6.07) is 0.734. The largest absolute Gasteiger partial charge is 0.314 e. The lowest BCUT2D eigenvalue weighted by molar-refractivity contribution is 0.328. The van der Waals surface area contributed by atoms with Crippen LogP contribution in [0.1, 0.15) is 67.2 Å². The molecule has 0 aliphatic heterocycles. The Balaban J connectivity index is 3.75. The van der Waals surface area contributed by atoms with Crippen molar-refractivity contribution in [2.45, 2.75) is 73.3 Å². The summed E-state index contributed by atoms with van der Waals surface area (Å²) in [4.78, 5) is 0. The van der Waals surface area contributed by atoms with Crippen molar-refractivity contribution in [3.05, 3.63) is 0 Å². The van der Waals surface area contributed by atoms with Gasteiger partial charge in [-0.2, -0.15) is 0 Å². The van der Waals surface area contributed by atoms with Crippen molar-refractivity contribution < 1.29 is 0 Å². The van der Waals surface area contributed by atoms with Crippen LogP contribution < -0.4 is 5.32 Å². The molecule has 0 radical (unpaired) electrons. The van der Waals surface area contributed by atoms with Gasteiger partial charge < -0.3 is 5.32 Å². The van der Waals surface area contributed by atoms with Gasteiger partial charge in [-0.25, -0.2) is 0 Å². The van der Waals surface area contributed by atoms with Gasteiger partial charge in [0.2, 0.25) is 0 Å². The van der Waals surface area contributed by atoms with Gasteiger partial charge in [-0.1, -0.05) is 48.0 Å². The Hall–Kier alpha value is -0.0400. The third kappa shape index (κ3) is 10.2. The average molecular weight is 213 g/mol. The minimum Gasteiger partial charge on any atom is -0.314 e. The second kappa shape index (κ2) is 7.27. The van der Waals surface area contributed by atoms with Crippen LogP contribution in [0.4, 0.5) is 0 Å². The maximum atomic E-state index is 3.60. The van der Waals surface area contributed by atoms with Crippen LogP contribution in [0.15, 0.2) is 0 Å². The molecule has 0 aromatic heterocycles. The van der Waals surface area contributed by atoms with Crippen LogP contribution in [-0.2, 0) is 0 Å². The van der Waals surface area contributed by atoms with Crippen molar-refractivity contribution in [3.63, 3.8) is 0 Å². The minimum atomic E-state index is 0.495. The van der Waals surface area contributed by atoms with Gasteiger partial charge in [0.25, 0.3) is 0 Å². The molecular formula is C14H31N. The molecule has 92 valence electrons. The van der Waals surface area contributed by atoms with Gasteiger partial charge in [0.1, 0.15) is 0 Å². The molecule has 0 aromatic rings. The van der Waals surface area contributed by atoms with Crippen LogP contribution in [0.5, 0.6) is 0 Å². The van der Waals surface area contributed by atoms with Crippen LogP contribution in [0, 0.1) is 11.3 Å². The van der Waals surface area contributed by atoms with Gasteiger partial charge in [0.15, 0.2) is 0 Å². The molecule has 0 aliphatic rings. The van der Waals surface area contributed by atoms with E-state index in [0.29, 0.717) is 5.41 Å². The van der Waals surface area contributed by atoms with E-state index in [0.717, 1.165) is 18.5 Å². The zero-order chi connectivity index (χ0) is 11.9. The van der Waals surface area contributed by atoms with Gasteiger partial charge in [0.05, 0.1) is 0 Å². The smallest absolute Gasteiger partial charge is 0.00693 e. The SMILES string of the molecule is CCNC(CCCC(C)(C)C)CC(C)C.